The second-order valence-corrected chi connectivity index (χ2v) is 11.5. The van der Waals surface area contributed by atoms with Gasteiger partial charge in [-0.05, 0) is 38.8 Å². The van der Waals surface area contributed by atoms with Gasteiger partial charge < -0.3 is 15.7 Å². The molecule has 0 spiro atoms. The van der Waals surface area contributed by atoms with Crippen LogP contribution in [0.2, 0.25) is 0 Å². The third-order valence-electron chi connectivity index (χ3n) is 6.39. The van der Waals surface area contributed by atoms with Crippen LogP contribution in [0.5, 0.6) is 0 Å². The maximum Gasteiger partial charge on any atom is 0.231 e. The van der Waals surface area contributed by atoms with Crippen molar-refractivity contribution < 1.29 is 18.3 Å². The Balaban J connectivity index is 1.50. The molecule has 9 heteroatoms. The van der Waals surface area contributed by atoms with Crippen molar-refractivity contribution in [1.82, 2.24) is 15.3 Å². The summed E-state index contributed by atoms with van der Waals surface area (Å²) in [6, 6.07) is 6.57. The molecule has 172 valence electrons. The zero-order chi connectivity index (χ0) is 22.9. The van der Waals surface area contributed by atoms with E-state index in [4.69, 9.17) is 0 Å². The number of aliphatic hydroxyl groups is 1. The number of nitrogens with one attached hydrogen (secondary N) is 2. The predicted molar refractivity (Wildman–Crippen MR) is 122 cm³/mol. The zero-order valence-electron chi connectivity index (χ0n) is 18.5. The van der Waals surface area contributed by atoms with Crippen LogP contribution >= 0.6 is 0 Å². The Morgan fingerprint density at radius 3 is 2.56 bits per heavy atom. The molecule has 0 saturated heterocycles. The summed E-state index contributed by atoms with van der Waals surface area (Å²) in [6.45, 7) is 3.95. The number of carbonyl (C=O) groups excluding carboxylic acids is 1. The summed E-state index contributed by atoms with van der Waals surface area (Å²) < 4.78 is 24.7. The van der Waals surface area contributed by atoms with Crippen LogP contribution in [0.25, 0.3) is 11.3 Å². The van der Waals surface area contributed by atoms with Crippen LogP contribution in [-0.4, -0.2) is 53.3 Å². The lowest BCUT2D eigenvalue weighted by atomic mass is 9.85. The fourth-order valence-electron chi connectivity index (χ4n) is 4.28. The normalized spacial score (nSPS) is 19.9. The van der Waals surface area contributed by atoms with Crippen LogP contribution in [0.3, 0.4) is 0 Å². The lowest BCUT2D eigenvalue weighted by Crippen LogP contribution is -2.45. The van der Waals surface area contributed by atoms with Crippen molar-refractivity contribution in [1.29, 1.82) is 0 Å². The summed E-state index contributed by atoms with van der Waals surface area (Å²) in [5, 5.41) is 16.2. The van der Waals surface area contributed by atoms with Crippen molar-refractivity contribution in [2.45, 2.75) is 67.6 Å². The van der Waals surface area contributed by atoms with Crippen molar-refractivity contribution in [3.05, 3.63) is 36.2 Å². The van der Waals surface area contributed by atoms with Gasteiger partial charge in [-0.25, -0.2) is 18.4 Å². The highest BCUT2D eigenvalue weighted by Crippen LogP contribution is 2.32. The number of anilines is 1. The number of rotatable bonds is 6. The Bertz CT molecular complexity index is 1090. The standard InChI is InChI=1S/C23H30N4O4S/c1-15(2)32(30,31)17-8-6-16(7-9-17)19-13-25-21-20(27-19)18(12-24-21)22(28)26-14-23(29)10-4-3-5-11-23/h6-9,13,15,18,29H,3-5,10-12,14H2,1-2H3,(H,24,25)(H,26,28). The molecule has 2 aliphatic rings. The van der Waals surface area contributed by atoms with Crippen LogP contribution in [0.1, 0.15) is 57.6 Å². The van der Waals surface area contributed by atoms with Crippen molar-refractivity contribution >= 4 is 21.6 Å². The highest BCUT2D eigenvalue weighted by molar-refractivity contribution is 7.92. The van der Waals surface area contributed by atoms with Gasteiger partial charge in [0, 0.05) is 18.7 Å². The first-order valence-corrected chi connectivity index (χ1v) is 12.7. The van der Waals surface area contributed by atoms with E-state index in [0.717, 1.165) is 24.8 Å². The molecule has 1 atom stereocenters. The fourth-order valence-corrected chi connectivity index (χ4v) is 5.34. The van der Waals surface area contributed by atoms with Gasteiger partial charge in [-0.3, -0.25) is 4.79 Å². The number of amides is 1. The summed E-state index contributed by atoms with van der Waals surface area (Å²) in [6.07, 6.45) is 6.11. The molecule has 1 aromatic carbocycles. The molecule has 32 heavy (non-hydrogen) atoms. The summed E-state index contributed by atoms with van der Waals surface area (Å²) in [4.78, 5) is 22.2. The third-order valence-corrected chi connectivity index (χ3v) is 8.57. The highest BCUT2D eigenvalue weighted by Gasteiger charge is 2.34. The van der Waals surface area contributed by atoms with E-state index >= 15 is 0 Å². The minimum absolute atomic E-state index is 0.180. The third kappa shape index (κ3) is 4.49. The Labute approximate surface area is 188 Å². The summed E-state index contributed by atoms with van der Waals surface area (Å²) in [5.41, 5.74) is 1.04. The van der Waals surface area contributed by atoms with Gasteiger partial charge in [-0.1, -0.05) is 31.4 Å². The molecule has 1 aliphatic carbocycles. The van der Waals surface area contributed by atoms with Crippen molar-refractivity contribution in [3.63, 3.8) is 0 Å². The first kappa shape index (κ1) is 22.7. The van der Waals surface area contributed by atoms with Gasteiger partial charge in [-0.15, -0.1) is 0 Å². The number of hydrogen-bond acceptors (Lipinski definition) is 7. The zero-order valence-corrected chi connectivity index (χ0v) is 19.3. The molecule has 1 fully saturated rings. The Hall–Kier alpha value is -2.52. The summed E-state index contributed by atoms with van der Waals surface area (Å²) in [5.74, 6) is -0.102. The fraction of sp³-hybridized carbons (Fsp3) is 0.522. The van der Waals surface area contributed by atoms with Crippen molar-refractivity contribution in [3.8, 4) is 11.3 Å². The van der Waals surface area contributed by atoms with E-state index in [1.165, 1.54) is 0 Å². The van der Waals surface area contributed by atoms with Gasteiger partial charge in [0.05, 0.1) is 33.3 Å². The monoisotopic (exact) mass is 458 g/mol. The number of hydrogen-bond donors (Lipinski definition) is 3. The molecule has 1 amide bonds. The molecular formula is C23H30N4O4S. The number of benzene rings is 1. The Morgan fingerprint density at radius 2 is 1.91 bits per heavy atom. The average Bonchev–Trinajstić information content (AvgIpc) is 3.21. The number of aromatic nitrogens is 2. The lowest BCUT2D eigenvalue weighted by molar-refractivity contribution is -0.123. The number of sulfone groups is 1. The van der Waals surface area contributed by atoms with Crippen molar-refractivity contribution in [2.24, 2.45) is 0 Å². The van der Waals surface area contributed by atoms with Gasteiger partial charge in [-0.2, -0.15) is 0 Å². The minimum atomic E-state index is -3.35. The molecule has 1 aliphatic heterocycles. The molecule has 1 unspecified atom stereocenters. The minimum Gasteiger partial charge on any atom is -0.388 e. The predicted octanol–water partition coefficient (Wildman–Crippen LogP) is 2.65. The number of carbonyl (C=O) groups is 1. The molecule has 0 bridgehead atoms. The average molecular weight is 459 g/mol. The smallest absolute Gasteiger partial charge is 0.231 e. The first-order chi connectivity index (χ1) is 15.2. The lowest BCUT2D eigenvalue weighted by Gasteiger charge is -2.32. The Morgan fingerprint density at radius 1 is 1.22 bits per heavy atom. The molecule has 8 nitrogen and oxygen atoms in total. The molecule has 2 aromatic rings. The second-order valence-electron chi connectivity index (χ2n) is 9.04. The van der Waals surface area contributed by atoms with E-state index in [1.54, 1.807) is 44.3 Å². The van der Waals surface area contributed by atoms with Gasteiger partial charge in [0.2, 0.25) is 5.91 Å². The van der Waals surface area contributed by atoms with Crippen molar-refractivity contribution in [2.75, 3.05) is 18.4 Å². The first-order valence-electron chi connectivity index (χ1n) is 11.1. The van der Waals surface area contributed by atoms with E-state index in [0.29, 0.717) is 36.6 Å². The molecule has 1 saturated carbocycles. The SMILES string of the molecule is CC(C)S(=O)(=O)c1ccc(-c2cnc3c(n2)C(C(=O)NCC2(O)CCCCC2)CN3)cc1. The van der Waals surface area contributed by atoms with E-state index in [9.17, 15) is 18.3 Å². The number of fused-ring (bicyclic) bond motifs is 1. The summed E-state index contributed by atoms with van der Waals surface area (Å²) >= 11 is 0. The van der Waals surface area contributed by atoms with Gasteiger partial charge in [0.25, 0.3) is 0 Å². The molecule has 0 radical (unpaired) electrons. The van der Waals surface area contributed by atoms with Gasteiger partial charge in [0.15, 0.2) is 9.84 Å². The molecule has 2 heterocycles. The second kappa shape index (κ2) is 8.78. The topological polar surface area (TPSA) is 121 Å². The van der Waals surface area contributed by atoms with Crippen LogP contribution in [0.4, 0.5) is 5.82 Å². The molecular weight excluding hydrogens is 428 g/mol. The maximum absolute atomic E-state index is 12.9. The quantitative estimate of drug-likeness (QED) is 0.608. The van der Waals surface area contributed by atoms with Crippen LogP contribution in [0, 0.1) is 0 Å². The number of nitrogens with zero attached hydrogens (tertiary/aromatic N) is 2. The van der Waals surface area contributed by atoms with Crippen LogP contribution < -0.4 is 10.6 Å². The largest absolute Gasteiger partial charge is 0.388 e. The van der Waals surface area contributed by atoms with Gasteiger partial charge >= 0.3 is 0 Å². The van der Waals surface area contributed by atoms with E-state index in [1.807, 2.05) is 0 Å². The Kier molecular flexibility index (Phi) is 6.22. The molecule has 4 rings (SSSR count). The molecule has 3 N–H and O–H groups in total. The van der Waals surface area contributed by atoms with E-state index in [2.05, 4.69) is 20.6 Å². The van der Waals surface area contributed by atoms with E-state index in [-0.39, 0.29) is 17.3 Å². The van der Waals surface area contributed by atoms with Crippen LogP contribution in [0.15, 0.2) is 35.4 Å². The van der Waals surface area contributed by atoms with Crippen LogP contribution in [-0.2, 0) is 14.6 Å². The molecule has 1 aromatic heterocycles. The maximum atomic E-state index is 12.9. The van der Waals surface area contributed by atoms with Gasteiger partial charge in [0.1, 0.15) is 11.7 Å². The summed E-state index contributed by atoms with van der Waals surface area (Å²) in [7, 11) is -3.35. The highest BCUT2D eigenvalue weighted by atomic mass is 32.2. The van der Waals surface area contributed by atoms with E-state index < -0.39 is 26.6 Å².